The normalized spacial score (nSPS) is 17.7. The maximum Gasteiger partial charge on any atom is 0.338 e. The minimum absolute atomic E-state index is 0.0643. The zero-order chi connectivity index (χ0) is 23.2. The molecule has 33 heavy (non-hydrogen) atoms. The summed E-state index contributed by atoms with van der Waals surface area (Å²) in [6.45, 7) is 2.46. The molecule has 1 aliphatic rings. The van der Waals surface area contributed by atoms with Crippen molar-refractivity contribution in [2.45, 2.75) is 45.3 Å². The van der Waals surface area contributed by atoms with Gasteiger partial charge in [-0.2, -0.15) is 0 Å². The number of nitrogens with one attached hydrogen (secondary N) is 1. The maximum absolute atomic E-state index is 12.4. The highest BCUT2D eigenvalue weighted by Crippen LogP contribution is 2.27. The van der Waals surface area contributed by atoms with Gasteiger partial charge in [0.25, 0.3) is 5.56 Å². The lowest BCUT2D eigenvalue weighted by atomic mass is 10.1. The number of hydrogen-bond donors (Lipinski definition) is 1. The number of ether oxygens (including phenoxy) is 3. The lowest BCUT2D eigenvalue weighted by Crippen LogP contribution is -2.34. The van der Waals surface area contributed by atoms with E-state index in [1.165, 1.54) is 10.8 Å². The summed E-state index contributed by atoms with van der Waals surface area (Å²) in [5.74, 6) is -0.416. The Labute approximate surface area is 190 Å². The number of benzene rings is 2. The van der Waals surface area contributed by atoms with Crippen LogP contribution in [0.5, 0.6) is 0 Å². The Morgan fingerprint density at radius 2 is 1.82 bits per heavy atom. The fourth-order valence-electron chi connectivity index (χ4n) is 3.65. The standard InChI is InChI=1S/C25H26N2O6/c1-17-7-9-19(10-8-17)24(29)32-16-21-11-12-22(33-21)27-13-20(23(28)26-25(27)30)15-31-14-18-5-3-2-4-6-18/h2-10,13,21-22H,11-12,14-16H2,1H3,(H,26,28,30)/t21-,22-/m0/s1. The number of H-pyrrole nitrogens is 1. The van der Waals surface area contributed by atoms with Crippen LogP contribution in [0.25, 0.3) is 0 Å². The van der Waals surface area contributed by atoms with E-state index in [4.69, 9.17) is 14.2 Å². The number of aromatic amines is 1. The number of carbonyl (C=O) groups excluding carboxylic acids is 1. The quantitative estimate of drug-likeness (QED) is 0.530. The van der Waals surface area contributed by atoms with Crippen LogP contribution in [0, 0.1) is 6.92 Å². The molecule has 4 rings (SSSR count). The maximum atomic E-state index is 12.4. The summed E-state index contributed by atoms with van der Waals surface area (Å²) in [5, 5.41) is 0. The summed E-state index contributed by atoms with van der Waals surface area (Å²) < 4.78 is 18.3. The first kappa shape index (κ1) is 22.7. The van der Waals surface area contributed by atoms with Gasteiger partial charge in [0.15, 0.2) is 0 Å². The Morgan fingerprint density at radius 3 is 2.58 bits per heavy atom. The second-order valence-electron chi connectivity index (χ2n) is 8.05. The van der Waals surface area contributed by atoms with Crippen molar-refractivity contribution in [2.75, 3.05) is 6.61 Å². The van der Waals surface area contributed by atoms with Gasteiger partial charge in [-0.3, -0.25) is 14.3 Å². The molecule has 0 saturated carbocycles. The molecule has 0 bridgehead atoms. The molecule has 2 heterocycles. The molecule has 3 aromatic rings. The molecule has 1 aliphatic heterocycles. The van der Waals surface area contributed by atoms with Crippen LogP contribution in [0.15, 0.2) is 70.4 Å². The zero-order valence-electron chi connectivity index (χ0n) is 18.4. The fraction of sp³-hybridized carbons (Fsp3) is 0.320. The minimum atomic E-state index is -0.551. The third-order valence-corrected chi connectivity index (χ3v) is 5.49. The van der Waals surface area contributed by atoms with Gasteiger partial charge in [-0.25, -0.2) is 9.59 Å². The Morgan fingerprint density at radius 1 is 1.06 bits per heavy atom. The topological polar surface area (TPSA) is 99.6 Å². The van der Waals surface area contributed by atoms with E-state index in [2.05, 4.69) is 4.98 Å². The Kier molecular flexibility index (Phi) is 7.16. The van der Waals surface area contributed by atoms with Crippen molar-refractivity contribution in [2.24, 2.45) is 0 Å². The first-order valence-corrected chi connectivity index (χ1v) is 10.8. The SMILES string of the molecule is Cc1ccc(C(=O)OC[C@@H]2CC[C@@H](n3cc(COCc4ccccc4)c(=O)[nH]c3=O)O2)cc1. The van der Waals surface area contributed by atoms with E-state index < -0.39 is 23.4 Å². The van der Waals surface area contributed by atoms with Crippen LogP contribution in [0.3, 0.4) is 0 Å². The molecule has 1 N–H and O–H groups in total. The predicted molar refractivity (Wildman–Crippen MR) is 121 cm³/mol. The van der Waals surface area contributed by atoms with E-state index in [1.54, 1.807) is 12.1 Å². The average Bonchev–Trinajstić information content (AvgIpc) is 3.29. The summed E-state index contributed by atoms with van der Waals surface area (Å²) in [6.07, 6.45) is 1.78. The molecule has 8 heteroatoms. The number of carbonyl (C=O) groups is 1. The highest BCUT2D eigenvalue weighted by molar-refractivity contribution is 5.89. The fourth-order valence-corrected chi connectivity index (χ4v) is 3.65. The van der Waals surface area contributed by atoms with Gasteiger partial charge < -0.3 is 14.2 Å². The van der Waals surface area contributed by atoms with Crippen LogP contribution in [-0.2, 0) is 27.4 Å². The number of esters is 1. The molecule has 172 valence electrons. The Balaban J connectivity index is 1.34. The van der Waals surface area contributed by atoms with Crippen molar-refractivity contribution in [1.29, 1.82) is 0 Å². The smallest absolute Gasteiger partial charge is 0.338 e. The lowest BCUT2D eigenvalue weighted by molar-refractivity contribution is -0.0342. The van der Waals surface area contributed by atoms with Crippen LogP contribution in [0.4, 0.5) is 0 Å². The molecule has 8 nitrogen and oxygen atoms in total. The summed E-state index contributed by atoms with van der Waals surface area (Å²) in [6, 6.07) is 16.8. The van der Waals surface area contributed by atoms with E-state index in [1.807, 2.05) is 49.4 Å². The molecule has 1 saturated heterocycles. The number of aromatic nitrogens is 2. The van der Waals surface area contributed by atoms with Crippen molar-refractivity contribution < 1.29 is 19.0 Å². The summed E-state index contributed by atoms with van der Waals surface area (Å²) in [5.41, 5.74) is 1.84. The van der Waals surface area contributed by atoms with Gasteiger partial charge in [0.1, 0.15) is 12.8 Å². The molecule has 0 unspecified atom stereocenters. The number of aryl methyl sites for hydroxylation is 1. The summed E-state index contributed by atoms with van der Waals surface area (Å²) >= 11 is 0. The van der Waals surface area contributed by atoms with Gasteiger partial charge in [0.05, 0.1) is 30.4 Å². The van der Waals surface area contributed by atoms with Crippen LogP contribution < -0.4 is 11.2 Å². The molecule has 0 amide bonds. The molecule has 2 atom stereocenters. The van der Waals surface area contributed by atoms with Crippen molar-refractivity contribution in [1.82, 2.24) is 9.55 Å². The third kappa shape index (κ3) is 5.85. The van der Waals surface area contributed by atoms with Gasteiger partial charge in [-0.15, -0.1) is 0 Å². The largest absolute Gasteiger partial charge is 0.459 e. The molecule has 1 fully saturated rings. The van der Waals surface area contributed by atoms with E-state index in [-0.39, 0.29) is 19.3 Å². The van der Waals surface area contributed by atoms with Crippen molar-refractivity contribution in [3.63, 3.8) is 0 Å². The third-order valence-electron chi connectivity index (χ3n) is 5.49. The predicted octanol–water partition coefficient (Wildman–Crippen LogP) is 3.10. The van der Waals surface area contributed by atoms with Crippen molar-refractivity contribution >= 4 is 5.97 Å². The Hall–Kier alpha value is -3.49. The molecule has 0 radical (unpaired) electrons. The molecule has 2 aromatic carbocycles. The molecule has 0 aliphatic carbocycles. The molecular weight excluding hydrogens is 424 g/mol. The second kappa shape index (κ2) is 10.4. The summed E-state index contributed by atoms with van der Waals surface area (Å²) in [7, 11) is 0. The van der Waals surface area contributed by atoms with Crippen LogP contribution in [0.2, 0.25) is 0 Å². The van der Waals surface area contributed by atoms with Gasteiger partial charge in [0.2, 0.25) is 0 Å². The van der Waals surface area contributed by atoms with Crippen LogP contribution >= 0.6 is 0 Å². The van der Waals surface area contributed by atoms with E-state index in [0.717, 1.165) is 11.1 Å². The molecule has 0 spiro atoms. The average molecular weight is 450 g/mol. The first-order chi connectivity index (χ1) is 16.0. The lowest BCUT2D eigenvalue weighted by Gasteiger charge is -2.17. The first-order valence-electron chi connectivity index (χ1n) is 10.8. The molecule has 1 aromatic heterocycles. The monoisotopic (exact) mass is 450 g/mol. The van der Waals surface area contributed by atoms with E-state index in [0.29, 0.717) is 30.6 Å². The van der Waals surface area contributed by atoms with Crippen molar-refractivity contribution in [3.05, 3.63) is 104 Å². The van der Waals surface area contributed by atoms with Gasteiger partial charge in [0, 0.05) is 6.20 Å². The Bertz CT molecular complexity index is 1200. The minimum Gasteiger partial charge on any atom is -0.459 e. The van der Waals surface area contributed by atoms with Crippen LogP contribution in [0.1, 0.15) is 46.1 Å². The highest BCUT2D eigenvalue weighted by atomic mass is 16.6. The van der Waals surface area contributed by atoms with Crippen molar-refractivity contribution in [3.8, 4) is 0 Å². The van der Waals surface area contributed by atoms with Crippen LogP contribution in [-0.4, -0.2) is 28.2 Å². The molecular formula is C25H26N2O6. The zero-order valence-corrected chi connectivity index (χ0v) is 18.4. The van der Waals surface area contributed by atoms with Gasteiger partial charge in [-0.05, 0) is 37.5 Å². The second-order valence-corrected chi connectivity index (χ2v) is 8.05. The van der Waals surface area contributed by atoms with E-state index >= 15 is 0 Å². The highest BCUT2D eigenvalue weighted by Gasteiger charge is 2.29. The number of nitrogens with zero attached hydrogens (tertiary/aromatic N) is 1. The number of rotatable bonds is 8. The number of hydrogen-bond acceptors (Lipinski definition) is 6. The van der Waals surface area contributed by atoms with E-state index in [9.17, 15) is 14.4 Å². The van der Waals surface area contributed by atoms with Gasteiger partial charge >= 0.3 is 11.7 Å². The summed E-state index contributed by atoms with van der Waals surface area (Å²) in [4.78, 5) is 39.1. The van der Waals surface area contributed by atoms with Gasteiger partial charge in [-0.1, -0.05) is 48.0 Å².